The van der Waals surface area contributed by atoms with Gasteiger partial charge in [-0.05, 0) is 30.7 Å². The predicted octanol–water partition coefficient (Wildman–Crippen LogP) is 0.589. The van der Waals surface area contributed by atoms with Gasteiger partial charge in [-0.15, -0.1) is 0 Å². The van der Waals surface area contributed by atoms with E-state index in [2.05, 4.69) is 4.90 Å². The molecule has 0 saturated heterocycles. The topological polar surface area (TPSA) is 79.0 Å². The molecule has 1 aromatic rings. The van der Waals surface area contributed by atoms with E-state index in [4.69, 9.17) is 15.6 Å². The number of hydrogen-bond donors (Lipinski definition) is 3. The molecule has 1 rings (SSSR count). The average molecular weight is 282 g/mol. The van der Waals surface area contributed by atoms with E-state index < -0.39 is 6.10 Å². The fraction of sp³-hybridized carbons (Fsp3) is 0.600. The molecule has 1 unspecified atom stereocenters. The Morgan fingerprint density at radius 1 is 1.40 bits per heavy atom. The van der Waals surface area contributed by atoms with Crippen molar-refractivity contribution < 1.29 is 14.9 Å². The van der Waals surface area contributed by atoms with Crippen LogP contribution in [0.2, 0.25) is 0 Å². The SMILES string of the molecule is CCN(CCCO)CC(O)COc1cccc(CN)c1. The molecular formula is C15H26N2O3. The Balaban J connectivity index is 2.35. The lowest BCUT2D eigenvalue weighted by molar-refractivity contribution is 0.0677. The van der Waals surface area contributed by atoms with Crippen LogP contribution in [-0.4, -0.2) is 54.1 Å². The number of nitrogens with zero attached hydrogens (tertiary/aromatic N) is 1. The molecule has 5 heteroatoms. The van der Waals surface area contributed by atoms with Gasteiger partial charge in [0.25, 0.3) is 0 Å². The van der Waals surface area contributed by atoms with Crippen LogP contribution in [0.3, 0.4) is 0 Å². The van der Waals surface area contributed by atoms with Gasteiger partial charge in [0.15, 0.2) is 0 Å². The third kappa shape index (κ3) is 6.34. The van der Waals surface area contributed by atoms with Gasteiger partial charge in [-0.3, -0.25) is 0 Å². The zero-order chi connectivity index (χ0) is 14.8. The van der Waals surface area contributed by atoms with Crippen molar-refractivity contribution in [2.24, 2.45) is 5.73 Å². The van der Waals surface area contributed by atoms with Crippen LogP contribution in [0.5, 0.6) is 5.75 Å². The van der Waals surface area contributed by atoms with E-state index in [0.29, 0.717) is 13.1 Å². The zero-order valence-electron chi connectivity index (χ0n) is 12.2. The average Bonchev–Trinajstić information content (AvgIpc) is 2.49. The molecule has 0 saturated carbocycles. The highest BCUT2D eigenvalue weighted by Crippen LogP contribution is 2.13. The minimum Gasteiger partial charge on any atom is -0.491 e. The van der Waals surface area contributed by atoms with Gasteiger partial charge < -0.3 is 25.6 Å². The van der Waals surface area contributed by atoms with E-state index in [0.717, 1.165) is 30.8 Å². The van der Waals surface area contributed by atoms with Crippen molar-refractivity contribution in [2.45, 2.75) is 26.0 Å². The first-order chi connectivity index (χ1) is 9.69. The summed E-state index contributed by atoms with van der Waals surface area (Å²) in [6, 6.07) is 7.58. The van der Waals surface area contributed by atoms with Gasteiger partial charge in [0.05, 0.1) is 0 Å². The highest BCUT2D eigenvalue weighted by Gasteiger charge is 2.11. The Bertz CT molecular complexity index is 374. The summed E-state index contributed by atoms with van der Waals surface area (Å²) in [5.74, 6) is 0.727. The van der Waals surface area contributed by atoms with E-state index in [1.807, 2.05) is 31.2 Å². The zero-order valence-corrected chi connectivity index (χ0v) is 12.2. The molecule has 0 aromatic heterocycles. The molecule has 1 atom stereocenters. The predicted molar refractivity (Wildman–Crippen MR) is 79.7 cm³/mol. The van der Waals surface area contributed by atoms with Crippen LogP contribution in [0.25, 0.3) is 0 Å². The number of hydrogen-bond acceptors (Lipinski definition) is 5. The van der Waals surface area contributed by atoms with E-state index in [9.17, 15) is 5.11 Å². The van der Waals surface area contributed by atoms with E-state index in [1.165, 1.54) is 0 Å². The van der Waals surface area contributed by atoms with Crippen molar-refractivity contribution in [3.8, 4) is 5.75 Å². The number of nitrogens with two attached hydrogens (primary N) is 1. The summed E-state index contributed by atoms with van der Waals surface area (Å²) in [6.07, 6.45) is 0.176. The number of aliphatic hydroxyl groups excluding tert-OH is 2. The lowest BCUT2D eigenvalue weighted by atomic mass is 10.2. The minimum absolute atomic E-state index is 0.176. The van der Waals surface area contributed by atoms with Crippen molar-refractivity contribution in [1.82, 2.24) is 4.90 Å². The van der Waals surface area contributed by atoms with Crippen LogP contribution in [0.15, 0.2) is 24.3 Å². The molecule has 0 fully saturated rings. The largest absolute Gasteiger partial charge is 0.491 e. The maximum atomic E-state index is 9.98. The summed E-state index contributed by atoms with van der Waals surface area (Å²) < 4.78 is 5.58. The molecule has 0 spiro atoms. The van der Waals surface area contributed by atoms with Crippen molar-refractivity contribution in [2.75, 3.05) is 32.8 Å². The van der Waals surface area contributed by atoms with Crippen LogP contribution in [0.1, 0.15) is 18.9 Å². The summed E-state index contributed by atoms with van der Waals surface area (Å²) in [7, 11) is 0. The molecule has 4 N–H and O–H groups in total. The van der Waals surface area contributed by atoms with Crippen molar-refractivity contribution in [1.29, 1.82) is 0 Å². The molecule has 114 valence electrons. The third-order valence-electron chi connectivity index (χ3n) is 3.13. The monoisotopic (exact) mass is 282 g/mol. The van der Waals surface area contributed by atoms with E-state index in [1.54, 1.807) is 0 Å². The lowest BCUT2D eigenvalue weighted by Gasteiger charge is -2.23. The molecule has 5 nitrogen and oxygen atoms in total. The Hall–Kier alpha value is -1.14. The fourth-order valence-corrected chi connectivity index (χ4v) is 1.98. The molecule has 1 aromatic carbocycles. The maximum absolute atomic E-state index is 9.98. The highest BCUT2D eigenvalue weighted by atomic mass is 16.5. The smallest absolute Gasteiger partial charge is 0.119 e. The molecule has 0 radical (unpaired) electrons. The second kappa shape index (κ2) is 9.72. The molecule has 0 heterocycles. The van der Waals surface area contributed by atoms with Gasteiger partial charge in [0.2, 0.25) is 0 Å². The maximum Gasteiger partial charge on any atom is 0.119 e. The summed E-state index contributed by atoms with van der Waals surface area (Å²) in [4.78, 5) is 2.10. The summed E-state index contributed by atoms with van der Waals surface area (Å²) in [5, 5.41) is 18.8. The van der Waals surface area contributed by atoms with Gasteiger partial charge >= 0.3 is 0 Å². The standard InChI is InChI=1S/C15H26N2O3/c1-2-17(7-4-8-18)11-14(19)12-20-15-6-3-5-13(9-15)10-16/h3,5-6,9,14,18-19H,2,4,7-8,10-12,16H2,1H3. The molecule has 0 aliphatic rings. The van der Waals surface area contributed by atoms with Crippen LogP contribution in [0.4, 0.5) is 0 Å². The Kier molecular flexibility index (Phi) is 8.22. The van der Waals surface area contributed by atoms with Crippen LogP contribution < -0.4 is 10.5 Å². The van der Waals surface area contributed by atoms with Crippen LogP contribution >= 0.6 is 0 Å². The molecule has 0 amide bonds. The quantitative estimate of drug-likeness (QED) is 0.585. The molecule has 0 aliphatic heterocycles. The van der Waals surface area contributed by atoms with Gasteiger partial charge in [-0.1, -0.05) is 19.1 Å². The first-order valence-corrected chi connectivity index (χ1v) is 7.12. The highest BCUT2D eigenvalue weighted by molar-refractivity contribution is 5.28. The van der Waals surface area contributed by atoms with E-state index >= 15 is 0 Å². The summed E-state index contributed by atoms with van der Waals surface area (Å²) in [6.45, 7) is 5.12. The number of benzene rings is 1. The van der Waals surface area contributed by atoms with Crippen molar-refractivity contribution >= 4 is 0 Å². The normalized spacial score (nSPS) is 12.7. The van der Waals surface area contributed by atoms with Gasteiger partial charge in [0.1, 0.15) is 18.5 Å². The number of ether oxygens (including phenoxy) is 1. The number of rotatable bonds is 10. The number of aliphatic hydroxyl groups is 2. The van der Waals surface area contributed by atoms with Crippen LogP contribution in [0, 0.1) is 0 Å². The second-order valence-corrected chi connectivity index (χ2v) is 4.79. The Morgan fingerprint density at radius 2 is 2.20 bits per heavy atom. The molecule has 0 bridgehead atoms. The summed E-state index contributed by atoms with van der Waals surface area (Å²) >= 11 is 0. The molecule has 0 aliphatic carbocycles. The van der Waals surface area contributed by atoms with Gasteiger partial charge in [-0.25, -0.2) is 0 Å². The second-order valence-electron chi connectivity index (χ2n) is 4.79. The van der Waals surface area contributed by atoms with Gasteiger partial charge in [0, 0.05) is 26.2 Å². The molecular weight excluding hydrogens is 256 g/mol. The van der Waals surface area contributed by atoms with E-state index in [-0.39, 0.29) is 13.2 Å². The van der Waals surface area contributed by atoms with Crippen molar-refractivity contribution in [3.63, 3.8) is 0 Å². The fourth-order valence-electron chi connectivity index (χ4n) is 1.98. The Labute approximate surface area is 121 Å². The first-order valence-electron chi connectivity index (χ1n) is 7.12. The van der Waals surface area contributed by atoms with Gasteiger partial charge in [-0.2, -0.15) is 0 Å². The first kappa shape index (κ1) is 16.9. The Morgan fingerprint density at radius 3 is 2.85 bits per heavy atom. The lowest BCUT2D eigenvalue weighted by Crippen LogP contribution is -2.36. The minimum atomic E-state index is -0.546. The number of likely N-dealkylation sites (N-methyl/N-ethyl adjacent to an activating group) is 1. The summed E-state index contributed by atoms with van der Waals surface area (Å²) in [5.41, 5.74) is 6.58. The van der Waals surface area contributed by atoms with Crippen LogP contribution in [-0.2, 0) is 6.54 Å². The van der Waals surface area contributed by atoms with Crippen molar-refractivity contribution in [3.05, 3.63) is 29.8 Å². The third-order valence-corrected chi connectivity index (χ3v) is 3.13. The molecule has 20 heavy (non-hydrogen) atoms.